The number of rotatable bonds is 7. The molecule has 34 heavy (non-hydrogen) atoms. The first kappa shape index (κ1) is 23.8. The molecule has 5 nitrogen and oxygen atoms in total. The van der Waals surface area contributed by atoms with Gasteiger partial charge in [-0.3, -0.25) is 4.79 Å². The van der Waals surface area contributed by atoms with Crippen LogP contribution in [0.1, 0.15) is 43.2 Å². The van der Waals surface area contributed by atoms with Crippen LogP contribution in [-0.2, 0) is 9.53 Å². The van der Waals surface area contributed by atoms with Crippen LogP contribution in [0.3, 0.4) is 0 Å². The first-order valence-electron chi connectivity index (χ1n) is 11.6. The van der Waals surface area contributed by atoms with Gasteiger partial charge in [0.2, 0.25) is 0 Å². The van der Waals surface area contributed by atoms with Crippen LogP contribution in [0.25, 0.3) is 22.4 Å². The molecule has 0 radical (unpaired) electrons. The summed E-state index contributed by atoms with van der Waals surface area (Å²) in [5.41, 5.74) is 4.80. The molecular formula is C28H28N2O3S. The molecule has 0 N–H and O–H groups in total. The predicted octanol–water partition coefficient (Wildman–Crippen LogP) is 6.57. The third-order valence-corrected chi connectivity index (χ3v) is 6.97. The Balaban J connectivity index is 1.70. The quantitative estimate of drug-likeness (QED) is 0.286. The Morgan fingerprint density at radius 1 is 1.09 bits per heavy atom. The van der Waals surface area contributed by atoms with Crippen molar-refractivity contribution in [2.24, 2.45) is 0 Å². The number of thioether (sulfide) groups is 1. The number of ether oxygens (including phenoxy) is 2. The van der Waals surface area contributed by atoms with E-state index < -0.39 is 0 Å². The van der Waals surface area contributed by atoms with Gasteiger partial charge >= 0.3 is 5.97 Å². The second kappa shape index (κ2) is 11.2. The topological polar surface area (TPSA) is 72.2 Å². The fourth-order valence-electron chi connectivity index (χ4n) is 4.22. The van der Waals surface area contributed by atoms with Gasteiger partial charge in [0, 0.05) is 16.7 Å². The van der Waals surface area contributed by atoms with Crippen molar-refractivity contribution in [3.63, 3.8) is 0 Å². The number of carbonyl (C=O) groups is 1. The lowest BCUT2D eigenvalue weighted by molar-refractivity contribution is -0.147. The summed E-state index contributed by atoms with van der Waals surface area (Å²) in [6.45, 7) is 2.04. The lowest BCUT2D eigenvalue weighted by Crippen LogP contribution is -2.22. The molecule has 1 heterocycles. The predicted molar refractivity (Wildman–Crippen MR) is 135 cm³/mol. The Morgan fingerprint density at radius 3 is 2.53 bits per heavy atom. The average molecular weight is 473 g/mol. The summed E-state index contributed by atoms with van der Waals surface area (Å²) in [4.78, 5) is 17.4. The molecule has 6 heteroatoms. The molecule has 0 bridgehead atoms. The van der Waals surface area contributed by atoms with Crippen LogP contribution in [-0.4, -0.2) is 29.9 Å². The minimum atomic E-state index is -0.262. The Bertz CT molecular complexity index is 1200. The highest BCUT2D eigenvalue weighted by Gasteiger charge is 2.21. The molecule has 1 aliphatic carbocycles. The number of benzene rings is 2. The van der Waals surface area contributed by atoms with Gasteiger partial charge < -0.3 is 9.47 Å². The van der Waals surface area contributed by atoms with Crippen molar-refractivity contribution in [1.29, 1.82) is 5.26 Å². The smallest absolute Gasteiger partial charge is 0.316 e. The molecule has 0 atom stereocenters. The van der Waals surface area contributed by atoms with Gasteiger partial charge in [-0.15, -0.1) is 0 Å². The molecule has 0 unspecified atom stereocenters. The molecule has 1 fully saturated rings. The van der Waals surface area contributed by atoms with Crippen molar-refractivity contribution in [1.82, 2.24) is 4.98 Å². The van der Waals surface area contributed by atoms with Crippen molar-refractivity contribution < 1.29 is 14.3 Å². The van der Waals surface area contributed by atoms with E-state index in [0.717, 1.165) is 53.6 Å². The molecule has 174 valence electrons. The Labute approximate surface area is 205 Å². The number of aryl methyl sites for hydroxylation is 1. The van der Waals surface area contributed by atoms with Gasteiger partial charge in [0.05, 0.1) is 24.1 Å². The van der Waals surface area contributed by atoms with E-state index in [2.05, 4.69) is 6.07 Å². The van der Waals surface area contributed by atoms with Crippen molar-refractivity contribution >= 4 is 17.7 Å². The zero-order valence-corrected chi connectivity index (χ0v) is 20.4. The summed E-state index contributed by atoms with van der Waals surface area (Å²) in [5, 5.41) is 10.6. The Hall–Kier alpha value is -3.30. The van der Waals surface area contributed by atoms with Crippen LogP contribution < -0.4 is 4.74 Å². The molecule has 0 spiro atoms. The fourth-order valence-corrected chi connectivity index (χ4v) is 5.00. The number of pyridine rings is 1. The minimum absolute atomic E-state index is 0.00767. The summed E-state index contributed by atoms with van der Waals surface area (Å²) in [6.07, 6.45) is 5.28. The number of para-hydroxylation sites is 1. The van der Waals surface area contributed by atoms with Gasteiger partial charge in [-0.2, -0.15) is 5.26 Å². The highest BCUT2D eigenvalue weighted by Crippen LogP contribution is 2.38. The summed E-state index contributed by atoms with van der Waals surface area (Å²) in [5.74, 6) is 0.524. The van der Waals surface area contributed by atoms with E-state index in [1.807, 2.05) is 61.5 Å². The molecule has 2 aromatic carbocycles. The first-order chi connectivity index (χ1) is 16.6. The maximum absolute atomic E-state index is 12.6. The van der Waals surface area contributed by atoms with Gasteiger partial charge in [0.25, 0.3) is 0 Å². The van der Waals surface area contributed by atoms with Gasteiger partial charge in [-0.25, -0.2) is 4.98 Å². The molecule has 0 saturated heterocycles. The zero-order chi connectivity index (χ0) is 23.9. The standard InChI is InChI=1S/C28H28N2O3S/c1-19-12-14-20(15-13-19)25-16-23(22-10-6-7-11-26(22)32-2)24(17-29)28(30-25)34-18-27(31)33-21-8-4-3-5-9-21/h6-7,10-16,21H,3-5,8-9,18H2,1-2H3. The van der Waals surface area contributed by atoms with Gasteiger partial charge in [0.15, 0.2) is 0 Å². The fraction of sp³-hybridized carbons (Fsp3) is 0.321. The summed E-state index contributed by atoms with van der Waals surface area (Å²) in [7, 11) is 1.61. The summed E-state index contributed by atoms with van der Waals surface area (Å²) < 4.78 is 11.2. The van der Waals surface area contributed by atoms with Crippen LogP contribution in [0.5, 0.6) is 5.75 Å². The molecule has 4 rings (SSSR count). The van der Waals surface area contributed by atoms with E-state index in [0.29, 0.717) is 16.3 Å². The molecule has 1 aliphatic rings. The normalized spacial score (nSPS) is 13.8. The third kappa shape index (κ3) is 5.60. The number of carbonyl (C=O) groups excluding carboxylic acids is 1. The van der Waals surface area contributed by atoms with Crippen LogP contribution in [0, 0.1) is 18.3 Å². The maximum Gasteiger partial charge on any atom is 0.316 e. The van der Waals surface area contributed by atoms with Crippen molar-refractivity contribution in [2.75, 3.05) is 12.9 Å². The van der Waals surface area contributed by atoms with Gasteiger partial charge in [0.1, 0.15) is 22.9 Å². The lowest BCUT2D eigenvalue weighted by atomic mass is 9.98. The van der Waals surface area contributed by atoms with E-state index >= 15 is 0 Å². The number of methoxy groups -OCH3 is 1. The maximum atomic E-state index is 12.6. The largest absolute Gasteiger partial charge is 0.496 e. The summed E-state index contributed by atoms with van der Waals surface area (Å²) in [6, 6.07) is 20.0. The molecule has 3 aromatic rings. The highest BCUT2D eigenvalue weighted by atomic mass is 32.2. The Kier molecular flexibility index (Phi) is 7.87. The van der Waals surface area contributed by atoms with Crippen molar-refractivity contribution in [2.45, 2.75) is 50.2 Å². The number of aromatic nitrogens is 1. The van der Waals surface area contributed by atoms with Crippen LogP contribution in [0.2, 0.25) is 0 Å². The second-order valence-corrected chi connectivity index (χ2v) is 9.42. The molecular weight excluding hydrogens is 444 g/mol. The monoisotopic (exact) mass is 472 g/mol. The average Bonchev–Trinajstić information content (AvgIpc) is 2.88. The van der Waals surface area contributed by atoms with E-state index in [-0.39, 0.29) is 17.8 Å². The van der Waals surface area contributed by atoms with E-state index in [9.17, 15) is 10.1 Å². The minimum Gasteiger partial charge on any atom is -0.496 e. The number of esters is 1. The van der Waals surface area contributed by atoms with Crippen molar-refractivity contribution in [3.05, 3.63) is 65.7 Å². The van der Waals surface area contributed by atoms with Gasteiger partial charge in [-0.1, -0.05) is 66.2 Å². The molecule has 0 aliphatic heterocycles. The zero-order valence-electron chi connectivity index (χ0n) is 19.5. The lowest BCUT2D eigenvalue weighted by Gasteiger charge is -2.21. The number of hydrogen-bond donors (Lipinski definition) is 0. The van der Waals surface area contributed by atoms with Gasteiger partial charge in [-0.05, 0) is 44.7 Å². The van der Waals surface area contributed by atoms with E-state index in [4.69, 9.17) is 14.5 Å². The number of nitriles is 1. The second-order valence-electron chi connectivity index (χ2n) is 8.45. The summed E-state index contributed by atoms with van der Waals surface area (Å²) >= 11 is 1.25. The first-order valence-corrected chi connectivity index (χ1v) is 12.6. The number of nitrogens with zero attached hydrogens (tertiary/aromatic N) is 2. The van der Waals surface area contributed by atoms with E-state index in [1.165, 1.54) is 18.2 Å². The Morgan fingerprint density at radius 2 is 1.82 bits per heavy atom. The van der Waals surface area contributed by atoms with Crippen LogP contribution >= 0.6 is 11.8 Å². The van der Waals surface area contributed by atoms with Crippen molar-refractivity contribution in [3.8, 4) is 34.2 Å². The SMILES string of the molecule is COc1ccccc1-c1cc(-c2ccc(C)cc2)nc(SCC(=O)OC2CCCCC2)c1C#N. The van der Waals surface area contributed by atoms with Crippen LogP contribution in [0.15, 0.2) is 59.6 Å². The molecule has 1 saturated carbocycles. The van der Waals surface area contributed by atoms with Crippen LogP contribution in [0.4, 0.5) is 0 Å². The van der Waals surface area contributed by atoms with E-state index in [1.54, 1.807) is 7.11 Å². The number of hydrogen-bond acceptors (Lipinski definition) is 6. The third-order valence-electron chi connectivity index (χ3n) is 6.02. The molecule has 0 amide bonds. The molecule has 1 aromatic heterocycles. The highest BCUT2D eigenvalue weighted by molar-refractivity contribution is 7.99.